The molecular weight excluding hydrogens is 432 g/mol. The Hall–Kier alpha value is -3.21. The van der Waals surface area contributed by atoms with Gasteiger partial charge in [0.25, 0.3) is 5.91 Å². The maximum atomic E-state index is 13.5. The van der Waals surface area contributed by atoms with E-state index in [1.165, 1.54) is 25.1 Å². The van der Waals surface area contributed by atoms with Crippen LogP contribution in [-0.2, 0) is 9.59 Å². The second kappa shape index (κ2) is 7.14. The van der Waals surface area contributed by atoms with Gasteiger partial charge in [-0.05, 0) is 44.1 Å². The Labute approximate surface area is 189 Å². The number of aromatic hydroxyl groups is 1. The van der Waals surface area contributed by atoms with Crippen LogP contribution in [0.25, 0.3) is 0 Å². The summed E-state index contributed by atoms with van der Waals surface area (Å²) in [7, 11) is 2.98. The highest BCUT2D eigenvalue weighted by atomic mass is 16.4. The molecule has 3 aliphatic carbocycles. The van der Waals surface area contributed by atoms with Crippen LogP contribution in [0.4, 0.5) is 0 Å². The molecule has 0 saturated carbocycles. The minimum Gasteiger partial charge on any atom is -0.510 e. The highest BCUT2D eigenvalue weighted by Crippen LogP contribution is 2.55. The second-order valence-corrected chi connectivity index (χ2v) is 9.24. The molecule has 10 heteroatoms. The molecule has 0 saturated heterocycles. The number of likely N-dealkylation sites (N-methyl/N-ethyl adjacent to an activating group) is 1. The lowest BCUT2D eigenvalue weighted by atomic mass is 9.55. The SMILES string of the molecule is Cc1ccc(O)c2c1[C@H](C)C1C(=C(O)[C@]3(O)C(=O)C(C(N)=O)=C(O)[C@@H](N(C)C)C3[C@H]1O)C2=O. The van der Waals surface area contributed by atoms with Gasteiger partial charge in [0.2, 0.25) is 5.78 Å². The summed E-state index contributed by atoms with van der Waals surface area (Å²) in [5.74, 6) is -8.85. The Morgan fingerprint density at radius 2 is 1.76 bits per heavy atom. The summed E-state index contributed by atoms with van der Waals surface area (Å²) < 4.78 is 0. The normalized spacial score (nSPS) is 33.7. The number of carbonyl (C=O) groups excluding carboxylic acids is 3. The summed E-state index contributed by atoms with van der Waals surface area (Å²) in [6, 6.07) is 1.68. The van der Waals surface area contributed by atoms with Gasteiger partial charge in [-0.25, -0.2) is 0 Å². The zero-order chi connectivity index (χ0) is 24.7. The number of benzene rings is 1. The maximum Gasteiger partial charge on any atom is 0.255 e. The zero-order valence-electron chi connectivity index (χ0n) is 18.5. The van der Waals surface area contributed by atoms with E-state index in [4.69, 9.17) is 5.73 Å². The smallest absolute Gasteiger partial charge is 0.255 e. The molecular formula is C23H26N2O8. The Balaban J connectivity index is 2.08. The van der Waals surface area contributed by atoms with Gasteiger partial charge in [0.15, 0.2) is 11.4 Å². The van der Waals surface area contributed by atoms with E-state index in [0.717, 1.165) is 0 Å². The summed E-state index contributed by atoms with van der Waals surface area (Å²) in [6.45, 7) is 3.44. The molecule has 0 heterocycles. The van der Waals surface area contributed by atoms with Gasteiger partial charge in [0.05, 0.1) is 23.6 Å². The molecule has 1 aromatic carbocycles. The first-order chi connectivity index (χ1) is 15.3. The Kier molecular flexibility index (Phi) is 4.97. The van der Waals surface area contributed by atoms with Crippen molar-refractivity contribution in [3.05, 3.63) is 51.5 Å². The van der Waals surface area contributed by atoms with Crippen LogP contribution in [0.5, 0.6) is 5.75 Å². The molecule has 0 aromatic heterocycles. The van der Waals surface area contributed by atoms with Gasteiger partial charge in [0, 0.05) is 11.5 Å². The maximum absolute atomic E-state index is 13.5. The van der Waals surface area contributed by atoms with Crippen molar-refractivity contribution in [1.82, 2.24) is 4.90 Å². The monoisotopic (exact) mass is 458 g/mol. The molecule has 2 unspecified atom stereocenters. The van der Waals surface area contributed by atoms with Crippen LogP contribution in [-0.4, -0.2) is 79.7 Å². The molecule has 0 fully saturated rings. The number of phenolic OH excluding ortho intramolecular Hbond substituents is 1. The van der Waals surface area contributed by atoms with Crippen molar-refractivity contribution in [1.29, 1.82) is 0 Å². The van der Waals surface area contributed by atoms with Gasteiger partial charge in [-0.2, -0.15) is 0 Å². The van der Waals surface area contributed by atoms with Crippen LogP contribution in [0.1, 0.15) is 34.3 Å². The van der Waals surface area contributed by atoms with Crippen molar-refractivity contribution in [3.8, 4) is 5.75 Å². The molecule has 3 aliphatic rings. The van der Waals surface area contributed by atoms with E-state index in [0.29, 0.717) is 11.1 Å². The predicted molar refractivity (Wildman–Crippen MR) is 115 cm³/mol. The third-order valence-electron chi connectivity index (χ3n) is 7.33. The van der Waals surface area contributed by atoms with Gasteiger partial charge in [0.1, 0.15) is 22.8 Å². The quantitative estimate of drug-likeness (QED) is 0.331. The zero-order valence-corrected chi connectivity index (χ0v) is 18.5. The third-order valence-corrected chi connectivity index (χ3v) is 7.33. The fourth-order valence-electron chi connectivity index (χ4n) is 5.92. The number of amides is 1. The average Bonchev–Trinajstić information content (AvgIpc) is 2.72. The van der Waals surface area contributed by atoms with E-state index in [-0.39, 0.29) is 11.3 Å². The van der Waals surface area contributed by atoms with Crippen LogP contribution in [0.15, 0.2) is 34.8 Å². The molecule has 33 heavy (non-hydrogen) atoms. The van der Waals surface area contributed by atoms with Gasteiger partial charge >= 0.3 is 0 Å². The fraction of sp³-hybridized carbons (Fsp3) is 0.435. The molecule has 4 rings (SSSR count). The molecule has 176 valence electrons. The van der Waals surface area contributed by atoms with Gasteiger partial charge in [-0.3, -0.25) is 19.3 Å². The molecule has 1 amide bonds. The minimum absolute atomic E-state index is 0.0875. The summed E-state index contributed by atoms with van der Waals surface area (Å²) in [5.41, 5.74) is 2.12. The summed E-state index contributed by atoms with van der Waals surface area (Å²) >= 11 is 0. The van der Waals surface area contributed by atoms with E-state index in [9.17, 15) is 39.9 Å². The number of primary amides is 1. The molecule has 0 bridgehead atoms. The number of hydrogen-bond donors (Lipinski definition) is 6. The lowest BCUT2D eigenvalue weighted by molar-refractivity contribution is -0.162. The van der Waals surface area contributed by atoms with Crippen LogP contribution >= 0.6 is 0 Å². The van der Waals surface area contributed by atoms with Crippen molar-refractivity contribution in [3.63, 3.8) is 0 Å². The standard InChI is InChI=1S/C23H26N2O8/c1-7-5-6-9(26)12-10(7)8(2)11-13(17(12)27)20(30)23(33)15(18(11)28)16(25(3)4)19(29)14(21(23)31)22(24)32/h5-6,8,11,15-16,18,26,28-30,33H,1-4H3,(H2,24,32)/t8-,11?,15?,16-,18-,23-/m0/s1. The average molecular weight is 458 g/mol. The number of rotatable bonds is 2. The van der Waals surface area contributed by atoms with E-state index >= 15 is 0 Å². The Morgan fingerprint density at radius 3 is 2.30 bits per heavy atom. The number of aliphatic hydroxyl groups excluding tert-OH is 3. The number of Topliss-reactive ketones (excluding diaryl/α,β-unsaturated/α-hetero) is 2. The van der Waals surface area contributed by atoms with Crippen molar-refractivity contribution in [2.75, 3.05) is 14.1 Å². The van der Waals surface area contributed by atoms with Crippen molar-refractivity contribution < 1.29 is 39.9 Å². The van der Waals surface area contributed by atoms with Crippen LogP contribution in [0.2, 0.25) is 0 Å². The number of fused-ring (bicyclic) bond motifs is 3. The van der Waals surface area contributed by atoms with Gasteiger partial charge in [-0.1, -0.05) is 13.0 Å². The number of aryl methyl sites for hydroxylation is 1. The molecule has 10 nitrogen and oxygen atoms in total. The molecule has 0 aliphatic heterocycles. The van der Waals surface area contributed by atoms with Crippen LogP contribution < -0.4 is 5.73 Å². The summed E-state index contributed by atoms with van der Waals surface area (Å²) in [6.07, 6.45) is -1.59. The predicted octanol–water partition coefficient (Wildman–Crippen LogP) is -0.0392. The second-order valence-electron chi connectivity index (χ2n) is 9.24. The lowest BCUT2D eigenvalue weighted by Crippen LogP contribution is -2.68. The molecule has 6 atom stereocenters. The Morgan fingerprint density at radius 1 is 1.15 bits per heavy atom. The highest BCUT2D eigenvalue weighted by Gasteiger charge is 2.67. The first kappa shape index (κ1) is 23.0. The lowest BCUT2D eigenvalue weighted by Gasteiger charge is -2.53. The van der Waals surface area contributed by atoms with Crippen LogP contribution in [0.3, 0.4) is 0 Å². The van der Waals surface area contributed by atoms with Crippen molar-refractivity contribution >= 4 is 17.5 Å². The number of nitrogens with zero attached hydrogens (tertiary/aromatic N) is 1. The Bertz CT molecular complexity index is 1180. The third kappa shape index (κ3) is 2.68. The number of phenols is 1. The van der Waals surface area contributed by atoms with E-state index in [2.05, 4.69) is 0 Å². The molecule has 0 spiro atoms. The van der Waals surface area contributed by atoms with E-state index in [1.54, 1.807) is 19.9 Å². The topological polar surface area (TPSA) is 182 Å². The highest BCUT2D eigenvalue weighted by molar-refractivity contribution is 6.25. The van der Waals surface area contributed by atoms with Gasteiger partial charge in [-0.15, -0.1) is 0 Å². The number of ketones is 2. The van der Waals surface area contributed by atoms with Crippen LogP contribution in [0, 0.1) is 18.8 Å². The number of aliphatic hydroxyl groups is 4. The summed E-state index contributed by atoms with van der Waals surface area (Å²) in [5, 5.41) is 55.4. The molecule has 1 aromatic rings. The number of nitrogens with two attached hydrogens (primary N) is 1. The van der Waals surface area contributed by atoms with Gasteiger partial charge < -0.3 is 31.3 Å². The molecule has 0 radical (unpaired) electrons. The molecule has 7 N–H and O–H groups in total. The number of hydrogen-bond acceptors (Lipinski definition) is 9. The number of carbonyl (C=O) groups is 3. The largest absolute Gasteiger partial charge is 0.510 e. The minimum atomic E-state index is -2.90. The first-order valence-electron chi connectivity index (χ1n) is 10.4. The van der Waals surface area contributed by atoms with Crippen molar-refractivity contribution in [2.45, 2.75) is 37.5 Å². The van der Waals surface area contributed by atoms with E-state index < -0.39 is 75.6 Å². The first-order valence-corrected chi connectivity index (χ1v) is 10.4. The van der Waals surface area contributed by atoms with E-state index in [1.807, 2.05) is 0 Å². The van der Waals surface area contributed by atoms with Crippen molar-refractivity contribution in [2.24, 2.45) is 17.6 Å². The summed E-state index contributed by atoms with van der Waals surface area (Å²) in [4.78, 5) is 40.1. The fourth-order valence-corrected chi connectivity index (χ4v) is 5.92.